The van der Waals surface area contributed by atoms with Crippen molar-refractivity contribution in [3.05, 3.63) is 95.1 Å². The van der Waals surface area contributed by atoms with Gasteiger partial charge in [0.2, 0.25) is 0 Å². The number of fused-ring (bicyclic) bond motifs is 6. The normalized spacial score (nSPS) is 34.1. The number of hydrogen-bond acceptors (Lipinski definition) is 0. The van der Waals surface area contributed by atoms with Gasteiger partial charge in [-0.3, -0.25) is 0 Å². The zero-order chi connectivity index (χ0) is 19.0. The van der Waals surface area contributed by atoms with Gasteiger partial charge in [0.05, 0.1) is 0 Å². The molecule has 0 bridgehead atoms. The van der Waals surface area contributed by atoms with Crippen molar-refractivity contribution < 1.29 is 45.1 Å². The molecule has 0 spiro atoms. The van der Waals surface area contributed by atoms with E-state index in [1.165, 1.54) is 25.7 Å². The second-order valence-electron chi connectivity index (χ2n) is 10.3. The molecule has 2 aromatic rings. The van der Waals surface area contributed by atoms with Gasteiger partial charge in [-0.25, -0.2) is 0 Å². The Balaban J connectivity index is 0.00000102. The van der Waals surface area contributed by atoms with Crippen LogP contribution < -0.4 is 24.8 Å². The van der Waals surface area contributed by atoms with Gasteiger partial charge in [0, 0.05) is 0 Å². The molecule has 1 fully saturated rings. The minimum Gasteiger partial charge on any atom is -1.00 e. The predicted molar refractivity (Wildman–Crippen MR) is 117 cm³/mol. The van der Waals surface area contributed by atoms with E-state index in [0.717, 1.165) is 30.9 Å². The van der Waals surface area contributed by atoms with Gasteiger partial charge in [-0.15, -0.1) is 0 Å². The van der Waals surface area contributed by atoms with Gasteiger partial charge in [-0.2, -0.15) is 0 Å². The molecule has 6 unspecified atom stereocenters. The minimum atomic E-state index is -2.33. The SMILES string of the molecule is C1=CC2c3ccccc3[CH]([Zr+2]3([CH]4c5ccccc5C5C=CCCC54)[CH2][CH2]3)C2CC1.[Cl-].[Cl-]. The van der Waals surface area contributed by atoms with Crippen molar-refractivity contribution in [3.8, 4) is 0 Å². The number of halogens is 2. The summed E-state index contributed by atoms with van der Waals surface area (Å²) in [6, 6.07) is 19.3. The average Bonchev–Trinajstić information content (AvgIpc) is 3.38. The summed E-state index contributed by atoms with van der Waals surface area (Å²) in [5.74, 6) is 3.28. The molecule has 0 amide bonds. The standard InChI is InChI=1S/2C13H13.C2H4.2ClH.Zr/c2*1-3-7-12-10(5-1)9-11-6-2-4-8-13(11)12;1-2;;;/h2*1,3-5,7-9,11,13H,2,6H2;1-2H2;2*1H;/q;;;;;+2/p-2. The maximum absolute atomic E-state index is 2.59. The molecule has 2 aromatic carbocycles. The van der Waals surface area contributed by atoms with E-state index in [-0.39, 0.29) is 24.8 Å². The summed E-state index contributed by atoms with van der Waals surface area (Å²) in [7, 11) is 0. The van der Waals surface area contributed by atoms with Gasteiger partial charge < -0.3 is 24.8 Å². The Hall–Kier alpha value is -0.617. The van der Waals surface area contributed by atoms with E-state index in [1.807, 2.05) is 0 Å². The van der Waals surface area contributed by atoms with E-state index in [2.05, 4.69) is 72.8 Å². The van der Waals surface area contributed by atoms with Crippen LogP contribution in [-0.2, 0) is 20.3 Å². The number of hydrogen-bond donors (Lipinski definition) is 0. The largest absolute Gasteiger partial charge is 1.00 e. The number of rotatable bonds is 2. The molecule has 1 saturated heterocycles. The molecule has 160 valence electrons. The fourth-order valence-electron chi connectivity index (χ4n) is 8.21. The van der Waals surface area contributed by atoms with Crippen LogP contribution >= 0.6 is 0 Å². The van der Waals surface area contributed by atoms with Gasteiger partial charge in [0.25, 0.3) is 0 Å². The molecule has 0 saturated carbocycles. The Bertz CT molecular complexity index is 957. The Morgan fingerprint density at radius 3 is 1.42 bits per heavy atom. The maximum Gasteiger partial charge on any atom is -1.00 e. The molecule has 5 aliphatic rings. The van der Waals surface area contributed by atoms with Crippen molar-refractivity contribution >= 4 is 0 Å². The van der Waals surface area contributed by atoms with E-state index in [0.29, 0.717) is 0 Å². The fourth-order valence-corrected chi connectivity index (χ4v) is 27.5. The van der Waals surface area contributed by atoms with Crippen molar-refractivity contribution in [2.75, 3.05) is 0 Å². The summed E-state index contributed by atoms with van der Waals surface area (Å²) >= 11 is -2.33. The van der Waals surface area contributed by atoms with Crippen LogP contribution in [0.25, 0.3) is 0 Å². The second kappa shape index (κ2) is 8.31. The third-order valence-electron chi connectivity index (χ3n) is 9.25. The second-order valence-corrected chi connectivity index (χ2v) is 21.9. The van der Waals surface area contributed by atoms with Gasteiger partial charge in [-0.1, -0.05) is 0 Å². The summed E-state index contributed by atoms with van der Waals surface area (Å²) in [4.78, 5) is 0. The van der Waals surface area contributed by atoms with Gasteiger partial charge in [0.15, 0.2) is 0 Å². The number of allylic oxidation sites excluding steroid dienone is 4. The van der Waals surface area contributed by atoms with Crippen LogP contribution in [0.1, 0.15) is 67.0 Å². The summed E-state index contributed by atoms with van der Waals surface area (Å²) in [5.41, 5.74) is 7.00. The third-order valence-corrected chi connectivity index (χ3v) is 23.0. The van der Waals surface area contributed by atoms with Crippen LogP contribution in [0, 0.1) is 11.8 Å². The van der Waals surface area contributed by atoms with E-state index < -0.39 is 20.3 Å². The van der Waals surface area contributed by atoms with Crippen molar-refractivity contribution in [3.63, 3.8) is 0 Å². The van der Waals surface area contributed by atoms with Crippen molar-refractivity contribution in [2.45, 2.75) is 53.0 Å². The zero-order valence-electron chi connectivity index (χ0n) is 17.9. The fraction of sp³-hybridized carbons (Fsp3) is 0.429. The first-order valence-corrected chi connectivity index (χ1v) is 18.2. The van der Waals surface area contributed by atoms with Crippen LogP contribution in [0.5, 0.6) is 0 Å². The van der Waals surface area contributed by atoms with E-state index in [9.17, 15) is 0 Å². The van der Waals surface area contributed by atoms with Crippen LogP contribution in [0.2, 0.25) is 8.26 Å². The first kappa shape index (κ1) is 22.2. The van der Waals surface area contributed by atoms with Crippen LogP contribution in [0.3, 0.4) is 0 Å². The number of benzene rings is 2. The monoisotopic (exact) mass is 526 g/mol. The molecule has 0 nitrogen and oxygen atoms in total. The summed E-state index contributed by atoms with van der Waals surface area (Å²) in [5, 5.41) is 0. The van der Waals surface area contributed by atoms with E-state index >= 15 is 0 Å². The zero-order valence-corrected chi connectivity index (χ0v) is 21.9. The third kappa shape index (κ3) is 3.09. The molecule has 0 radical (unpaired) electrons. The average molecular weight is 529 g/mol. The molecule has 1 aliphatic heterocycles. The first-order valence-electron chi connectivity index (χ1n) is 11.9. The molecule has 6 atom stereocenters. The van der Waals surface area contributed by atoms with Crippen molar-refractivity contribution in [1.82, 2.24) is 0 Å². The molecule has 4 aliphatic carbocycles. The maximum atomic E-state index is 2.59. The molecule has 7 rings (SSSR count). The Labute approximate surface area is 203 Å². The van der Waals surface area contributed by atoms with Crippen LogP contribution in [0.15, 0.2) is 72.8 Å². The molecular weight excluding hydrogens is 498 g/mol. The van der Waals surface area contributed by atoms with Crippen molar-refractivity contribution in [2.24, 2.45) is 11.8 Å². The predicted octanol–water partition coefficient (Wildman–Crippen LogP) is 1.61. The van der Waals surface area contributed by atoms with Gasteiger partial charge in [0.1, 0.15) is 0 Å². The van der Waals surface area contributed by atoms with Crippen LogP contribution in [-0.4, -0.2) is 0 Å². The summed E-state index contributed by atoms with van der Waals surface area (Å²) < 4.78 is 5.23. The summed E-state index contributed by atoms with van der Waals surface area (Å²) in [6.07, 6.45) is 15.6. The molecule has 3 heteroatoms. The van der Waals surface area contributed by atoms with Gasteiger partial charge in [-0.05, 0) is 0 Å². The Morgan fingerprint density at radius 2 is 1.00 bits per heavy atom. The smallest absolute Gasteiger partial charge is 1.00 e. The molecule has 31 heavy (non-hydrogen) atoms. The Kier molecular flexibility index (Phi) is 5.95. The Morgan fingerprint density at radius 1 is 0.581 bits per heavy atom. The van der Waals surface area contributed by atoms with E-state index in [4.69, 9.17) is 0 Å². The van der Waals surface area contributed by atoms with E-state index in [1.54, 1.807) is 30.5 Å². The van der Waals surface area contributed by atoms with Crippen molar-refractivity contribution in [1.29, 1.82) is 0 Å². The van der Waals surface area contributed by atoms with Gasteiger partial charge >= 0.3 is 180 Å². The van der Waals surface area contributed by atoms with Crippen LogP contribution in [0.4, 0.5) is 0 Å². The minimum absolute atomic E-state index is 0. The molecule has 0 N–H and O–H groups in total. The first-order chi connectivity index (χ1) is 14.4. The molecule has 1 heterocycles. The topological polar surface area (TPSA) is 0 Å². The molecule has 0 aromatic heterocycles. The molecular formula is C28H30Cl2Zr. The summed E-state index contributed by atoms with van der Waals surface area (Å²) in [6.45, 7) is 0. The quantitative estimate of drug-likeness (QED) is 0.520.